The second-order valence-corrected chi connectivity index (χ2v) is 8.43. The Morgan fingerprint density at radius 1 is 0.917 bits per heavy atom. The van der Waals surface area contributed by atoms with Crippen molar-refractivity contribution in [2.24, 2.45) is 0 Å². The van der Waals surface area contributed by atoms with Gasteiger partial charge in [-0.25, -0.2) is 9.48 Å². The zero-order chi connectivity index (χ0) is 25.5. The van der Waals surface area contributed by atoms with Gasteiger partial charge in [0.25, 0.3) is 0 Å². The number of hydrogen-bond acceptors (Lipinski definition) is 4. The van der Waals surface area contributed by atoms with Crippen LogP contribution in [0.1, 0.15) is 13.8 Å². The summed E-state index contributed by atoms with van der Waals surface area (Å²) < 4.78 is 7.01. The molecule has 3 amide bonds. The molecule has 0 bridgehead atoms. The quantitative estimate of drug-likeness (QED) is 0.350. The van der Waals surface area contributed by atoms with Crippen molar-refractivity contribution in [3.05, 3.63) is 91.0 Å². The van der Waals surface area contributed by atoms with Crippen molar-refractivity contribution in [1.82, 2.24) is 14.7 Å². The molecule has 2 N–H and O–H groups in total. The van der Waals surface area contributed by atoms with Crippen molar-refractivity contribution in [3.63, 3.8) is 0 Å². The summed E-state index contributed by atoms with van der Waals surface area (Å²) in [5.41, 5.74) is 3.00. The number of carbonyl (C=O) groups is 2. The van der Waals surface area contributed by atoms with Gasteiger partial charge in [0, 0.05) is 17.7 Å². The van der Waals surface area contributed by atoms with Crippen LogP contribution >= 0.6 is 0 Å². The molecule has 4 rings (SSSR count). The fourth-order valence-electron chi connectivity index (χ4n) is 3.75. The molecule has 0 aliphatic carbocycles. The lowest BCUT2D eigenvalue weighted by Gasteiger charge is -2.26. The highest BCUT2D eigenvalue weighted by atomic mass is 16.5. The van der Waals surface area contributed by atoms with Crippen LogP contribution in [-0.4, -0.2) is 46.3 Å². The summed E-state index contributed by atoms with van der Waals surface area (Å²) in [5, 5.41) is 10.5. The molecule has 0 saturated carbocycles. The molecule has 0 atom stereocenters. The van der Waals surface area contributed by atoms with Crippen molar-refractivity contribution in [1.29, 1.82) is 0 Å². The molecule has 184 valence electrons. The number of carbonyl (C=O) groups excluding carboxylic acids is 2. The van der Waals surface area contributed by atoms with Gasteiger partial charge < -0.3 is 20.3 Å². The number of aromatic nitrogens is 2. The second kappa shape index (κ2) is 11.2. The van der Waals surface area contributed by atoms with Crippen molar-refractivity contribution in [2.75, 3.05) is 24.3 Å². The molecule has 8 heteroatoms. The monoisotopic (exact) mass is 483 g/mol. The maximum Gasteiger partial charge on any atom is 0.322 e. The lowest BCUT2D eigenvalue weighted by atomic mass is 10.1. The highest BCUT2D eigenvalue weighted by molar-refractivity contribution is 5.97. The van der Waals surface area contributed by atoms with Gasteiger partial charge in [-0.15, -0.1) is 0 Å². The summed E-state index contributed by atoms with van der Waals surface area (Å²) in [4.78, 5) is 27.6. The number of para-hydroxylation sites is 3. The summed E-state index contributed by atoms with van der Waals surface area (Å²) in [6.07, 6.45) is 0. The molecule has 0 aliphatic heterocycles. The maximum absolute atomic E-state index is 13.1. The number of ether oxygens (including phenoxy) is 1. The van der Waals surface area contributed by atoms with Crippen LogP contribution in [0.5, 0.6) is 5.75 Å². The van der Waals surface area contributed by atoms with E-state index in [9.17, 15) is 9.59 Å². The number of hydrogen-bond donors (Lipinski definition) is 2. The number of nitrogens with zero attached hydrogens (tertiary/aromatic N) is 3. The van der Waals surface area contributed by atoms with Crippen LogP contribution < -0.4 is 15.4 Å². The minimum atomic E-state index is -0.397. The first-order valence-electron chi connectivity index (χ1n) is 11.7. The molecule has 4 aromatic rings. The molecule has 8 nitrogen and oxygen atoms in total. The van der Waals surface area contributed by atoms with Crippen LogP contribution in [0.4, 0.5) is 16.3 Å². The van der Waals surface area contributed by atoms with Gasteiger partial charge in [0.05, 0.1) is 24.2 Å². The summed E-state index contributed by atoms with van der Waals surface area (Å²) in [5.74, 6) is 0.716. The van der Waals surface area contributed by atoms with Crippen LogP contribution in [0, 0.1) is 0 Å². The molecule has 1 heterocycles. The summed E-state index contributed by atoms with van der Waals surface area (Å²) >= 11 is 0. The van der Waals surface area contributed by atoms with E-state index in [4.69, 9.17) is 9.84 Å². The highest BCUT2D eigenvalue weighted by Gasteiger charge is 2.22. The minimum Gasteiger partial charge on any atom is -0.495 e. The third-order valence-corrected chi connectivity index (χ3v) is 5.59. The molecule has 1 aromatic heterocycles. The standard InChI is InChI=1S/C28H29N5O3/c1-20(2)32(28(35)29-23-16-10-11-17-25(23)36-3)19-27(34)30-26-18-24(21-12-6-4-7-13-21)31-33(26)22-14-8-5-9-15-22/h4-18,20H,19H2,1-3H3,(H,29,35)(H,30,34). The third-order valence-electron chi connectivity index (χ3n) is 5.59. The van der Waals surface area contributed by atoms with E-state index in [1.165, 1.54) is 12.0 Å². The van der Waals surface area contributed by atoms with Crippen LogP contribution in [0.25, 0.3) is 16.9 Å². The topological polar surface area (TPSA) is 88.5 Å². The zero-order valence-corrected chi connectivity index (χ0v) is 20.5. The van der Waals surface area contributed by atoms with Crippen LogP contribution in [0.3, 0.4) is 0 Å². The van der Waals surface area contributed by atoms with Crippen LogP contribution in [-0.2, 0) is 4.79 Å². The molecular formula is C28H29N5O3. The normalized spacial score (nSPS) is 10.7. The fourth-order valence-corrected chi connectivity index (χ4v) is 3.75. The van der Waals surface area contributed by atoms with Gasteiger partial charge in [0.2, 0.25) is 5.91 Å². The number of amides is 3. The first-order valence-corrected chi connectivity index (χ1v) is 11.7. The SMILES string of the molecule is COc1ccccc1NC(=O)N(CC(=O)Nc1cc(-c2ccccc2)nn1-c1ccccc1)C(C)C. The van der Waals surface area contributed by atoms with E-state index in [-0.39, 0.29) is 18.5 Å². The molecule has 0 spiro atoms. The Morgan fingerprint density at radius 3 is 2.22 bits per heavy atom. The number of rotatable bonds is 8. The summed E-state index contributed by atoms with van der Waals surface area (Å²) in [6.45, 7) is 3.58. The predicted molar refractivity (Wildman–Crippen MR) is 141 cm³/mol. The van der Waals surface area contributed by atoms with E-state index < -0.39 is 6.03 Å². The van der Waals surface area contributed by atoms with E-state index in [0.29, 0.717) is 17.3 Å². The number of methoxy groups -OCH3 is 1. The number of nitrogens with one attached hydrogen (secondary N) is 2. The Hall–Kier alpha value is -4.59. The first kappa shape index (κ1) is 24.5. The van der Waals surface area contributed by atoms with Gasteiger partial charge in [0.15, 0.2) is 0 Å². The number of urea groups is 1. The predicted octanol–water partition coefficient (Wildman–Crippen LogP) is 5.43. The molecule has 0 radical (unpaired) electrons. The van der Waals surface area contributed by atoms with E-state index in [0.717, 1.165) is 16.9 Å². The van der Waals surface area contributed by atoms with Crippen LogP contribution in [0.15, 0.2) is 91.0 Å². The summed E-state index contributed by atoms with van der Waals surface area (Å²) in [7, 11) is 1.54. The van der Waals surface area contributed by atoms with Gasteiger partial charge in [-0.3, -0.25) is 4.79 Å². The Balaban J connectivity index is 1.55. The Bertz CT molecular complexity index is 1320. The average Bonchev–Trinajstić information content (AvgIpc) is 3.32. The average molecular weight is 484 g/mol. The Labute approximate surface area is 210 Å². The lowest BCUT2D eigenvalue weighted by molar-refractivity contribution is -0.117. The van der Waals surface area contributed by atoms with E-state index >= 15 is 0 Å². The van der Waals surface area contributed by atoms with Gasteiger partial charge in [0.1, 0.15) is 18.1 Å². The molecule has 0 fully saturated rings. The molecule has 0 unspecified atom stereocenters. The third kappa shape index (κ3) is 5.72. The van der Waals surface area contributed by atoms with Gasteiger partial charge >= 0.3 is 6.03 Å². The van der Waals surface area contributed by atoms with E-state index in [1.54, 1.807) is 22.9 Å². The molecular weight excluding hydrogens is 454 g/mol. The molecule has 0 aliphatic rings. The number of benzene rings is 3. The van der Waals surface area contributed by atoms with Crippen molar-refractivity contribution >= 4 is 23.4 Å². The minimum absolute atomic E-state index is 0.140. The van der Waals surface area contributed by atoms with Crippen molar-refractivity contribution < 1.29 is 14.3 Å². The van der Waals surface area contributed by atoms with Gasteiger partial charge in [-0.05, 0) is 38.1 Å². The first-order chi connectivity index (χ1) is 17.5. The van der Waals surface area contributed by atoms with Gasteiger partial charge in [-0.1, -0.05) is 60.7 Å². The largest absolute Gasteiger partial charge is 0.495 e. The highest BCUT2D eigenvalue weighted by Crippen LogP contribution is 2.25. The number of anilines is 2. The molecule has 3 aromatic carbocycles. The smallest absolute Gasteiger partial charge is 0.322 e. The van der Waals surface area contributed by atoms with E-state index in [2.05, 4.69) is 10.6 Å². The van der Waals surface area contributed by atoms with E-state index in [1.807, 2.05) is 86.6 Å². The molecule has 36 heavy (non-hydrogen) atoms. The second-order valence-electron chi connectivity index (χ2n) is 8.43. The zero-order valence-electron chi connectivity index (χ0n) is 20.5. The lowest BCUT2D eigenvalue weighted by Crippen LogP contribution is -2.44. The van der Waals surface area contributed by atoms with Crippen molar-refractivity contribution in [2.45, 2.75) is 19.9 Å². The molecule has 0 saturated heterocycles. The summed E-state index contributed by atoms with van der Waals surface area (Å²) in [6, 6.07) is 27.7. The Morgan fingerprint density at radius 2 is 1.56 bits per heavy atom. The van der Waals surface area contributed by atoms with Crippen molar-refractivity contribution in [3.8, 4) is 22.7 Å². The van der Waals surface area contributed by atoms with Gasteiger partial charge in [-0.2, -0.15) is 5.10 Å². The maximum atomic E-state index is 13.1. The fraction of sp³-hybridized carbons (Fsp3) is 0.179. The Kier molecular flexibility index (Phi) is 7.65. The van der Waals surface area contributed by atoms with Crippen LogP contribution in [0.2, 0.25) is 0 Å².